The molecule has 3 nitrogen and oxygen atoms in total. The standard InChI is InChI=1S/C26H32N2OS/c1-4-20-8-9-25-21(6-5-7-24(20)25)13-23-16-30-26(28-23)22-11-18(14-27)10-19(12-22)15-29-17(2)3/h5-7,11-12,17,19-20,23H,4,8-10,13,15-16H2,1-3H3. The quantitative estimate of drug-likeness (QED) is 0.543. The average Bonchev–Trinajstić information content (AvgIpc) is 3.39. The molecule has 0 radical (unpaired) electrons. The zero-order chi connectivity index (χ0) is 21.1. The van der Waals surface area contributed by atoms with Gasteiger partial charge in [-0.25, -0.2) is 0 Å². The summed E-state index contributed by atoms with van der Waals surface area (Å²) in [6, 6.07) is 9.56. The van der Waals surface area contributed by atoms with Crippen molar-refractivity contribution in [2.24, 2.45) is 10.9 Å². The van der Waals surface area contributed by atoms with E-state index in [1.807, 2.05) is 17.8 Å². The summed E-state index contributed by atoms with van der Waals surface area (Å²) in [7, 11) is 0. The fourth-order valence-electron chi connectivity index (χ4n) is 4.89. The molecule has 3 atom stereocenters. The Balaban J connectivity index is 1.49. The predicted molar refractivity (Wildman–Crippen MR) is 126 cm³/mol. The predicted octanol–water partition coefficient (Wildman–Crippen LogP) is 6.00. The second-order valence-electron chi connectivity index (χ2n) is 8.98. The van der Waals surface area contributed by atoms with Crippen molar-refractivity contribution < 1.29 is 4.74 Å². The van der Waals surface area contributed by atoms with E-state index in [2.05, 4.69) is 51.1 Å². The number of aliphatic imine (C=N–C) groups is 1. The highest BCUT2D eigenvalue weighted by molar-refractivity contribution is 8.14. The first-order chi connectivity index (χ1) is 14.6. The van der Waals surface area contributed by atoms with Crippen LogP contribution in [0.1, 0.15) is 62.6 Å². The minimum absolute atomic E-state index is 0.209. The lowest BCUT2D eigenvalue weighted by Gasteiger charge is -2.20. The Morgan fingerprint density at radius 3 is 2.97 bits per heavy atom. The zero-order valence-electron chi connectivity index (χ0n) is 18.4. The summed E-state index contributed by atoms with van der Waals surface area (Å²) in [6.45, 7) is 7.07. The Morgan fingerprint density at radius 1 is 1.33 bits per heavy atom. The van der Waals surface area contributed by atoms with E-state index in [-0.39, 0.29) is 12.0 Å². The molecule has 0 spiro atoms. The van der Waals surface area contributed by atoms with Crippen molar-refractivity contribution in [2.75, 3.05) is 12.4 Å². The molecule has 1 aromatic rings. The third-order valence-electron chi connectivity index (χ3n) is 6.41. The molecule has 0 N–H and O–H groups in total. The molecular weight excluding hydrogens is 388 g/mol. The van der Waals surface area contributed by atoms with E-state index in [4.69, 9.17) is 9.73 Å². The highest BCUT2D eigenvalue weighted by Gasteiger charge is 2.27. The van der Waals surface area contributed by atoms with Crippen molar-refractivity contribution in [2.45, 2.75) is 70.9 Å². The highest BCUT2D eigenvalue weighted by Crippen LogP contribution is 2.38. The van der Waals surface area contributed by atoms with Gasteiger partial charge in [0, 0.05) is 22.8 Å². The van der Waals surface area contributed by atoms with Gasteiger partial charge in [0.25, 0.3) is 0 Å². The maximum absolute atomic E-state index is 9.49. The van der Waals surface area contributed by atoms with Crippen LogP contribution in [0.2, 0.25) is 0 Å². The second kappa shape index (κ2) is 9.54. The number of hydrogen-bond acceptors (Lipinski definition) is 4. The van der Waals surface area contributed by atoms with Crippen LogP contribution in [0.15, 0.2) is 46.5 Å². The number of allylic oxidation sites excluding steroid dienone is 2. The lowest BCUT2D eigenvalue weighted by atomic mass is 9.91. The third kappa shape index (κ3) is 4.74. The summed E-state index contributed by atoms with van der Waals surface area (Å²) in [5, 5.41) is 10.6. The van der Waals surface area contributed by atoms with E-state index < -0.39 is 0 Å². The van der Waals surface area contributed by atoms with Crippen molar-refractivity contribution in [1.82, 2.24) is 0 Å². The van der Waals surface area contributed by atoms with Crippen LogP contribution in [-0.2, 0) is 17.6 Å². The van der Waals surface area contributed by atoms with Gasteiger partial charge in [-0.05, 0) is 74.6 Å². The van der Waals surface area contributed by atoms with E-state index in [9.17, 15) is 5.26 Å². The Hall–Kier alpha value is -1.83. The average molecular weight is 421 g/mol. The van der Waals surface area contributed by atoms with Gasteiger partial charge in [-0.2, -0.15) is 5.26 Å². The molecule has 3 unspecified atom stereocenters. The van der Waals surface area contributed by atoms with Gasteiger partial charge < -0.3 is 4.74 Å². The number of benzene rings is 1. The van der Waals surface area contributed by atoms with E-state index in [1.165, 1.54) is 24.8 Å². The van der Waals surface area contributed by atoms with Gasteiger partial charge in [-0.15, -0.1) is 11.8 Å². The normalized spacial score (nSPS) is 25.6. The minimum Gasteiger partial charge on any atom is -0.378 e. The summed E-state index contributed by atoms with van der Waals surface area (Å²) in [4.78, 5) is 5.09. The van der Waals surface area contributed by atoms with Crippen molar-refractivity contribution in [1.29, 1.82) is 5.26 Å². The molecule has 4 heteroatoms. The second-order valence-corrected chi connectivity index (χ2v) is 9.99. The number of rotatable bonds is 7. The summed E-state index contributed by atoms with van der Waals surface area (Å²) >= 11 is 1.84. The SMILES string of the molecule is CCC1CCc2c(CC3CSC(C4=CC(COC(C)C)CC(C#N)=C4)=N3)cccc21. The van der Waals surface area contributed by atoms with Crippen LogP contribution in [0.3, 0.4) is 0 Å². The summed E-state index contributed by atoms with van der Waals surface area (Å²) in [5.41, 5.74) is 6.62. The Bertz CT molecular complexity index is 921. The number of nitrogens with zero attached hydrogens (tertiary/aromatic N) is 2. The molecular formula is C26H32N2OS. The molecule has 30 heavy (non-hydrogen) atoms. The van der Waals surface area contributed by atoms with E-state index >= 15 is 0 Å². The highest BCUT2D eigenvalue weighted by atomic mass is 32.2. The van der Waals surface area contributed by atoms with Crippen LogP contribution in [0, 0.1) is 17.2 Å². The van der Waals surface area contributed by atoms with Crippen molar-refractivity contribution in [3.05, 3.63) is 58.2 Å². The number of hydrogen-bond donors (Lipinski definition) is 0. The summed E-state index contributed by atoms with van der Waals surface area (Å²) < 4.78 is 5.82. The van der Waals surface area contributed by atoms with Crippen LogP contribution >= 0.6 is 11.8 Å². The van der Waals surface area contributed by atoms with Crippen LogP contribution in [0.25, 0.3) is 0 Å². The molecule has 0 fully saturated rings. The monoisotopic (exact) mass is 420 g/mol. The first-order valence-corrected chi connectivity index (χ1v) is 12.3. The first-order valence-electron chi connectivity index (χ1n) is 11.3. The van der Waals surface area contributed by atoms with Gasteiger partial charge in [-0.3, -0.25) is 4.99 Å². The van der Waals surface area contributed by atoms with Crippen LogP contribution in [0.5, 0.6) is 0 Å². The number of nitriles is 1. The lowest BCUT2D eigenvalue weighted by molar-refractivity contribution is 0.0612. The van der Waals surface area contributed by atoms with E-state index in [0.29, 0.717) is 12.6 Å². The minimum atomic E-state index is 0.209. The Labute approximate surface area is 185 Å². The molecule has 1 heterocycles. The maximum atomic E-state index is 9.49. The summed E-state index contributed by atoms with van der Waals surface area (Å²) in [5.74, 6) is 2.02. The molecule has 0 saturated carbocycles. The fourth-order valence-corrected chi connectivity index (χ4v) is 5.95. The number of ether oxygens (including phenoxy) is 1. The first kappa shape index (κ1) is 21.4. The van der Waals surface area contributed by atoms with Crippen LogP contribution < -0.4 is 0 Å². The molecule has 0 bridgehead atoms. The summed E-state index contributed by atoms with van der Waals surface area (Å²) in [6.07, 6.45) is 10.1. The maximum Gasteiger partial charge on any atom is 0.0978 e. The van der Waals surface area contributed by atoms with Gasteiger partial charge in [0.15, 0.2) is 0 Å². The number of fused-ring (bicyclic) bond motifs is 1. The van der Waals surface area contributed by atoms with Crippen molar-refractivity contribution in [3.63, 3.8) is 0 Å². The van der Waals surface area contributed by atoms with Crippen molar-refractivity contribution >= 4 is 16.8 Å². The molecule has 0 amide bonds. The smallest absolute Gasteiger partial charge is 0.0978 e. The van der Waals surface area contributed by atoms with Crippen LogP contribution in [0.4, 0.5) is 0 Å². The lowest BCUT2D eigenvalue weighted by Crippen LogP contribution is -2.16. The topological polar surface area (TPSA) is 45.4 Å². The van der Waals surface area contributed by atoms with Gasteiger partial charge in [0.05, 0.1) is 29.9 Å². The zero-order valence-corrected chi connectivity index (χ0v) is 19.2. The fraction of sp³-hybridized carbons (Fsp3) is 0.538. The van der Waals surface area contributed by atoms with Gasteiger partial charge in [0.1, 0.15) is 0 Å². The molecule has 4 rings (SSSR count). The molecule has 3 aliphatic rings. The molecule has 158 valence electrons. The largest absolute Gasteiger partial charge is 0.378 e. The Morgan fingerprint density at radius 2 is 2.20 bits per heavy atom. The molecule has 1 aromatic carbocycles. The van der Waals surface area contributed by atoms with Crippen LogP contribution in [-0.4, -0.2) is 29.5 Å². The Kier molecular flexibility index (Phi) is 6.80. The molecule has 0 aromatic heterocycles. The van der Waals surface area contributed by atoms with Gasteiger partial charge in [-0.1, -0.05) is 31.2 Å². The van der Waals surface area contributed by atoms with Gasteiger partial charge in [0.2, 0.25) is 0 Å². The number of thioether (sulfide) groups is 1. The van der Waals surface area contributed by atoms with E-state index in [0.717, 1.165) is 40.7 Å². The van der Waals surface area contributed by atoms with Gasteiger partial charge >= 0.3 is 0 Å². The van der Waals surface area contributed by atoms with E-state index in [1.54, 1.807) is 11.1 Å². The third-order valence-corrected chi connectivity index (χ3v) is 7.58. The molecule has 1 aliphatic heterocycles. The molecule has 0 saturated heterocycles. The molecule has 2 aliphatic carbocycles. The van der Waals surface area contributed by atoms with Crippen molar-refractivity contribution in [3.8, 4) is 6.07 Å².